The molecule has 0 aliphatic rings. The molecule has 2 aromatic carbocycles. The van der Waals surface area contributed by atoms with Gasteiger partial charge in [0.15, 0.2) is 0 Å². The molecule has 3 N–H and O–H groups in total. The van der Waals surface area contributed by atoms with Crippen LogP contribution in [0.3, 0.4) is 0 Å². The van der Waals surface area contributed by atoms with E-state index >= 15 is 0 Å². The molecule has 8 nitrogen and oxygen atoms in total. The second-order valence-corrected chi connectivity index (χ2v) is 9.38. The molecular weight excluding hydrogens is 468 g/mol. The minimum atomic E-state index is -1.04. The van der Waals surface area contributed by atoms with Gasteiger partial charge in [0, 0.05) is 17.7 Å². The highest BCUT2D eigenvalue weighted by Crippen LogP contribution is 2.13. The molecular formula is C26H30N2O6S. The lowest BCUT2D eigenvalue weighted by Crippen LogP contribution is -2.54. The molecule has 9 heteroatoms. The van der Waals surface area contributed by atoms with Crippen LogP contribution in [0.5, 0.6) is 5.75 Å². The van der Waals surface area contributed by atoms with Crippen molar-refractivity contribution in [3.05, 3.63) is 65.7 Å². The monoisotopic (exact) mass is 498 g/mol. The van der Waals surface area contributed by atoms with Crippen LogP contribution in [0.1, 0.15) is 31.9 Å². The number of phenols is 1. The number of amides is 2. The van der Waals surface area contributed by atoms with E-state index in [4.69, 9.17) is 9.47 Å². The Kier molecular flexibility index (Phi) is 10.5. The average molecular weight is 499 g/mol. The van der Waals surface area contributed by atoms with Crippen molar-refractivity contribution in [1.29, 1.82) is 0 Å². The van der Waals surface area contributed by atoms with Gasteiger partial charge in [-0.25, -0.2) is 9.59 Å². The van der Waals surface area contributed by atoms with Crippen molar-refractivity contribution in [2.45, 2.75) is 44.9 Å². The van der Waals surface area contributed by atoms with Gasteiger partial charge in [-0.15, -0.1) is 0 Å². The Hall–Kier alpha value is -3.64. The number of thioether (sulfide) groups is 1. The maximum atomic E-state index is 13.1. The molecule has 0 heterocycles. The summed E-state index contributed by atoms with van der Waals surface area (Å²) in [4.78, 5) is 37.8. The molecule has 0 radical (unpaired) electrons. The van der Waals surface area contributed by atoms with Crippen LogP contribution in [-0.2, 0) is 25.5 Å². The molecule has 0 aromatic heterocycles. The zero-order chi connectivity index (χ0) is 25.8. The second-order valence-electron chi connectivity index (χ2n) is 8.56. The third-order valence-electron chi connectivity index (χ3n) is 4.48. The van der Waals surface area contributed by atoms with E-state index in [1.165, 1.54) is 19.2 Å². The Balaban J connectivity index is 2.12. The normalized spacial score (nSPS) is 12.3. The minimum absolute atomic E-state index is 0.0780. The number of rotatable bonds is 8. The first-order valence-corrected chi connectivity index (χ1v) is 11.9. The van der Waals surface area contributed by atoms with Gasteiger partial charge in [-0.3, -0.25) is 4.79 Å². The van der Waals surface area contributed by atoms with Crippen molar-refractivity contribution in [1.82, 2.24) is 10.6 Å². The van der Waals surface area contributed by atoms with Gasteiger partial charge in [-0.2, -0.15) is 0 Å². The fourth-order valence-corrected chi connectivity index (χ4v) is 3.51. The lowest BCUT2D eigenvalue weighted by atomic mass is 10.0. The van der Waals surface area contributed by atoms with E-state index < -0.39 is 35.7 Å². The third kappa shape index (κ3) is 10.4. The summed E-state index contributed by atoms with van der Waals surface area (Å²) in [6, 6.07) is 13.6. The van der Waals surface area contributed by atoms with Gasteiger partial charge < -0.3 is 25.2 Å². The fraction of sp³-hybridized carbons (Fsp3) is 0.346. The summed E-state index contributed by atoms with van der Waals surface area (Å²) >= 11 is 1.16. The molecule has 0 aliphatic heterocycles. The van der Waals surface area contributed by atoms with Crippen LogP contribution >= 0.6 is 11.8 Å². The molecule has 2 amide bonds. The molecule has 2 unspecified atom stereocenters. The molecule has 186 valence electrons. The van der Waals surface area contributed by atoms with Gasteiger partial charge >= 0.3 is 12.1 Å². The van der Waals surface area contributed by atoms with Gasteiger partial charge in [0.05, 0.1) is 7.11 Å². The van der Waals surface area contributed by atoms with Crippen molar-refractivity contribution in [2.24, 2.45) is 0 Å². The fourth-order valence-electron chi connectivity index (χ4n) is 2.85. The van der Waals surface area contributed by atoms with E-state index in [-0.39, 0.29) is 17.9 Å². The highest BCUT2D eigenvalue weighted by atomic mass is 32.2. The molecule has 0 saturated heterocycles. The van der Waals surface area contributed by atoms with Crippen LogP contribution in [0.4, 0.5) is 4.79 Å². The Morgan fingerprint density at radius 3 is 2.26 bits per heavy atom. The van der Waals surface area contributed by atoms with E-state index in [0.717, 1.165) is 17.3 Å². The molecule has 0 fully saturated rings. The zero-order valence-electron chi connectivity index (χ0n) is 20.2. The lowest BCUT2D eigenvalue weighted by Gasteiger charge is -2.24. The number of hydrogen-bond donors (Lipinski definition) is 3. The van der Waals surface area contributed by atoms with Crippen LogP contribution in [0.15, 0.2) is 54.6 Å². The summed E-state index contributed by atoms with van der Waals surface area (Å²) in [6.45, 7) is 5.13. The molecule has 0 aliphatic carbocycles. The van der Waals surface area contributed by atoms with Crippen LogP contribution in [-0.4, -0.2) is 53.6 Å². The molecule has 2 aromatic rings. The van der Waals surface area contributed by atoms with E-state index in [9.17, 15) is 19.5 Å². The summed E-state index contributed by atoms with van der Waals surface area (Å²) in [6.07, 6.45) is -0.658. The van der Waals surface area contributed by atoms with E-state index in [0.29, 0.717) is 5.56 Å². The lowest BCUT2D eigenvalue weighted by molar-refractivity contribution is -0.144. The van der Waals surface area contributed by atoms with Crippen molar-refractivity contribution < 1.29 is 29.0 Å². The number of carbonyl (C=O) groups is 3. The number of aromatic hydroxyl groups is 1. The summed E-state index contributed by atoms with van der Waals surface area (Å²) in [5, 5.41) is 17.6. The maximum absolute atomic E-state index is 13.1. The van der Waals surface area contributed by atoms with E-state index in [2.05, 4.69) is 21.8 Å². The number of ether oxygens (including phenoxy) is 2. The number of nitrogens with one attached hydrogen (secondary N) is 2. The number of alkyl carbamates (subject to hydrolysis) is 1. The number of benzene rings is 2. The molecule has 2 atom stereocenters. The van der Waals surface area contributed by atoms with Crippen LogP contribution in [0, 0.1) is 11.2 Å². The maximum Gasteiger partial charge on any atom is 0.408 e. The number of hydrogen-bond acceptors (Lipinski definition) is 7. The van der Waals surface area contributed by atoms with Gasteiger partial charge in [-0.05, 0) is 55.9 Å². The Labute approximate surface area is 209 Å². The number of esters is 1. The first-order chi connectivity index (χ1) is 16.6. The first kappa shape index (κ1) is 27.6. The van der Waals surface area contributed by atoms with Crippen LogP contribution < -0.4 is 10.6 Å². The van der Waals surface area contributed by atoms with Crippen LogP contribution in [0.2, 0.25) is 0 Å². The Morgan fingerprint density at radius 2 is 1.66 bits per heavy atom. The highest BCUT2D eigenvalue weighted by Gasteiger charge is 2.29. The predicted molar refractivity (Wildman–Crippen MR) is 135 cm³/mol. The van der Waals surface area contributed by atoms with Crippen LogP contribution in [0.25, 0.3) is 0 Å². The Morgan fingerprint density at radius 1 is 1.00 bits per heavy atom. The van der Waals surface area contributed by atoms with Crippen molar-refractivity contribution in [2.75, 3.05) is 12.9 Å². The topological polar surface area (TPSA) is 114 Å². The van der Waals surface area contributed by atoms with Gasteiger partial charge in [0.1, 0.15) is 23.4 Å². The zero-order valence-corrected chi connectivity index (χ0v) is 21.0. The third-order valence-corrected chi connectivity index (χ3v) is 5.22. The smallest absolute Gasteiger partial charge is 0.408 e. The van der Waals surface area contributed by atoms with Gasteiger partial charge in [0.2, 0.25) is 5.91 Å². The molecule has 0 saturated carbocycles. The molecule has 0 spiro atoms. The number of phenolic OH excluding ortho intramolecular Hbond substituents is 1. The van der Waals surface area contributed by atoms with Crippen molar-refractivity contribution in [3.63, 3.8) is 0 Å². The quantitative estimate of drug-likeness (QED) is 0.378. The SMILES string of the molecule is COC(=O)C(CSC#Cc1ccccc1)NC(=O)C(Cc1ccc(O)cc1)NC(=O)OC(C)(C)C. The van der Waals surface area contributed by atoms with Gasteiger partial charge in [-0.1, -0.05) is 48.0 Å². The second kappa shape index (κ2) is 13.3. The number of carbonyl (C=O) groups excluding carboxylic acids is 3. The molecule has 2 rings (SSSR count). The molecule has 35 heavy (non-hydrogen) atoms. The minimum Gasteiger partial charge on any atom is -0.508 e. The largest absolute Gasteiger partial charge is 0.508 e. The standard InChI is InChI=1S/C26H30N2O6S/c1-26(2,3)34-25(32)28-21(16-19-10-12-20(29)13-11-19)23(30)27-22(24(31)33-4)17-35-15-14-18-8-6-5-7-9-18/h5-13,21-22,29H,16-17H2,1-4H3,(H,27,30)(H,28,32). The van der Waals surface area contributed by atoms with Crippen molar-refractivity contribution >= 4 is 29.7 Å². The Bertz CT molecular complexity index is 1060. The summed E-state index contributed by atoms with van der Waals surface area (Å²) in [7, 11) is 1.23. The number of methoxy groups -OCH3 is 1. The van der Waals surface area contributed by atoms with Crippen molar-refractivity contribution in [3.8, 4) is 16.9 Å². The first-order valence-electron chi connectivity index (χ1n) is 10.9. The summed E-state index contributed by atoms with van der Waals surface area (Å²) < 4.78 is 10.1. The predicted octanol–water partition coefficient (Wildman–Crippen LogP) is 3.23. The van der Waals surface area contributed by atoms with E-state index in [1.807, 2.05) is 30.3 Å². The van der Waals surface area contributed by atoms with E-state index in [1.54, 1.807) is 32.9 Å². The van der Waals surface area contributed by atoms with Gasteiger partial charge in [0.25, 0.3) is 0 Å². The highest BCUT2D eigenvalue weighted by molar-refractivity contribution is 8.03. The summed E-state index contributed by atoms with van der Waals surface area (Å²) in [5.74, 6) is 1.98. The molecule has 0 bridgehead atoms. The average Bonchev–Trinajstić information content (AvgIpc) is 2.80. The summed E-state index contributed by atoms with van der Waals surface area (Å²) in [5.41, 5.74) is 0.762.